The van der Waals surface area contributed by atoms with Crippen molar-refractivity contribution in [2.75, 3.05) is 95.8 Å². The van der Waals surface area contributed by atoms with Crippen LogP contribution in [-0.2, 0) is 62.3 Å². The second-order valence-electron chi connectivity index (χ2n) is 33.1. The summed E-state index contributed by atoms with van der Waals surface area (Å²) in [6.45, 7) is 12.1. The SMILES string of the molecule is CCCOC[C@H]1C(=O)N[C@@H]([C@@H](C)CC)C(=O)N(C)CC(=O)N(C)[C@H]2C/C=C\CCN(C2=O)[C@@H](CC2CCC(C)CC2)C(=O)N(C)CC(=O)N[C@@H](CCC2CCC(C(F)(F)F)C(Cl)C2)C(=O)N2C[C@H](C)C[C@H]2C(=O)NC2(CC(C)(C)C2)C(=O)N(C)[C@@H](C2CCCC2)C(=O)N(C)[C@H](C(=O)N(C)C)CC(=O)N1C. The van der Waals surface area contributed by atoms with Crippen LogP contribution in [0.15, 0.2) is 12.2 Å². The predicted octanol–water partition coefficient (Wildman–Crippen LogP) is 6.38. The van der Waals surface area contributed by atoms with E-state index in [1.165, 1.54) is 90.7 Å². The Labute approximate surface area is 625 Å². The minimum atomic E-state index is -4.52. The lowest BCUT2D eigenvalue weighted by molar-refractivity contribution is -0.182. The molecule has 0 radical (unpaired) electrons. The minimum Gasteiger partial charge on any atom is -0.379 e. The van der Waals surface area contributed by atoms with E-state index in [4.69, 9.17) is 16.3 Å². The van der Waals surface area contributed by atoms with Gasteiger partial charge in [-0.3, -0.25) is 57.5 Å². The molecule has 105 heavy (non-hydrogen) atoms. The van der Waals surface area contributed by atoms with Gasteiger partial charge in [-0.25, -0.2) is 0 Å². The average molecular weight is 1500 g/mol. The van der Waals surface area contributed by atoms with Gasteiger partial charge in [-0.15, -0.1) is 11.6 Å². The van der Waals surface area contributed by atoms with Crippen LogP contribution >= 0.6 is 11.6 Å². The summed E-state index contributed by atoms with van der Waals surface area (Å²) < 4.78 is 48.3. The molecule has 2 bridgehead atoms. The van der Waals surface area contributed by atoms with Crippen LogP contribution < -0.4 is 16.0 Å². The average Bonchev–Trinajstić information content (AvgIpc) is 0.962. The Balaban J connectivity index is 1.32. The van der Waals surface area contributed by atoms with E-state index in [0.717, 1.165) is 48.3 Å². The summed E-state index contributed by atoms with van der Waals surface area (Å²) in [5.74, 6) is -10.8. The third-order valence-corrected chi connectivity index (χ3v) is 24.4. The molecule has 4 aliphatic carbocycles. The molecule has 13 atom stereocenters. The summed E-state index contributed by atoms with van der Waals surface area (Å²) in [5.41, 5.74) is -2.12. The van der Waals surface area contributed by atoms with Crippen LogP contribution in [0.4, 0.5) is 13.2 Å². The molecule has 4 saturated carbocycles. The Hall–Kier alpha value is -6.58. The quantitative estimate of drug-likeness (QED) is 0.103. The topological polar surface area (TPSA) is 279 Å². The highest BCUT2D eigenvalue weighted by atomic mass is 35.5. The van der Waals surface area contributed by atoms with E-state index in [2.05, 4.69) is 22.9 Å². The van der Waals surface area contributed by atoms with Crippen molar-refractivity contribution in [1.82, 2.24) is 60.0 Å². The normalized spacial score (nSPS) is 32.1. The van der Waals surface area contributed by atoms with Gasteiger partial charge in [0.2, 0.25) is 70.9 Å². The number of hydrogen-bond acceptors (Lipinski definition) is 13. The number of carbonyl (C=O) groups excluding carboxylic acids is 12. The summed E-state index contributed by atoms with van der Waals surface area (Å²) in [4.78, 5) is 193. The molecule has 3 heterocycles. The zero-order valence-corrected chi connectivity index (χ0v) is 65.8. The molecule has 0 aromatic heterocycles. The van der Waals surface area contributed by atoms with Gasteiger partial charge < -0.3 is 64.8 Å². The first kappa shape index (κ1) is 85.7. The molecule has 0 aromatic carbocycles. The molecule has 3 aliphatic heterocycles. The zero-order valence-electron chi connectivity index (χ0n) is 65.0. The number of nitrogens with one attached hydrogen (secondary N) is 3. The smallest absolute Gasteiger partial charge is 0.379 e. The second kappa shape index (κ2) is 37.0. The van der Waals surface area contributed by atoms with Crippen LogP contribution in [0.5, 0.6) is 0 Å². The summed E-state index contributed by atoms with van der Waals surface area (Å²) in [6.07, 6.45) is 6.23. The van der Waals surface area contributed by atoms with Gasteiger partial charge in [0.1, 0.15) is 53.9 Å². The largest absolute Gasteiger partial charge is 0.393 e. The van der Waals surface area contributed by atoms with Crippen molar-refractivity contribution in [2.24, 2.45) is 46.8 Å². The summed E-state index contributed by atoms with van der Waals surface area (Å²) in [5, 5.41) is 7.61. The van der Waals surface area contributed by atoms with E-state index in [9.17, 15) is 41.9 Å². The van der Waals surface area contributed by atoms with Gasteiger partial charge in [0, 0.05) is 81.5 Å². The predicted molar refractivity (Wildman–Crippen MR) is 390 cm³/mol. The van der Waals surface area contributed by atoms with E-state index in [1.54, 1.807) is 13.0 Å². The Bertz CT molecular complexity index is 3140. The Kier molecular flexibility index (Phi) is 30.2. The molecule has 592 valence electrons. The Morgan fingerprint density at radius 1 is 0.686 bits per heavy atom. The summed E-state index contributed by atoms with van der Waals surface area (Å²) >= 11 is 6.45. The van der Waals surface area contributed by atoms with Crippen molar-refractivity contribution in [2.45, 2.75) is 255 Å². The summed E-state index contributed by atoms with van der Waals surface area (Å²) in [7, 11) is 11.5. The molecule has 25 nitrogen and oxygen atoms in total. The number of amides is 12. The molecule has 0 aromatic rings. The molecule has 1 spiro atoms. The van der Waals surface area contributed by atoms with Gasteiger partial charge in [-0.1, -0.05) is 106 Å². The third kappa shape index (κ3) is 21.2. The molecule has 29 heteroatoms. The first-order valence-electron chi connectivity index (χ1n) is 38.5. The van der Waals surface area contributed by atoms with Crippen molar-refractivity contribution < 1.29 is 75.4 Å². The highest BCUT2D eigenvalue weighted by Crippen LogP contribution is 2.50. The van der Waals surface area contributed by atoms with E-state index < -0.39 is 179 Å². The fourth-order valence-corrected chi connectivity index (χ4v) is 18.0. The number of carbonyl (C=O) groups is 12. The molecule has 3 unspecified atom stereocenters. The van der Waals surface area contributed by atoms with E-state index in [-0.39, 0.29) is 108 Å². The molecule has 2 saturated heterocycles. The van der Waals surface area contributed by atoms with Crippen LogP contribution in [0.25, 0.3) is 0 Å². The Morgan fingerprint density at radius 3 is 1.92 bits per heavy atom. The van der Waals surface area contributed by atoms with Crippen molar-refractivity contribution in [3.8, 4) is 0 Å². The lowest BCUT2D eigenvalue weighted by atomic mass is 9.58. The summed E-state index contributed by atoms with van der Waals surface area (Å²) in [6, 6.07) is -10.2. The number of hydrogen-bond donors (Lipinski definition) is 3. The second-order valence-corrected chi connectivity index (χ2v) is 33.6. The highest BCUT2D eigenvalue weighted by molar-refractivity contribution is 6.21. The number of rotatable bonds is 13. The maximum absolute atomic E-state index is 15.7. The maximum atomic E-state index is 15.7. The fraction of sp³-hybridized carbons (Fsp3) is 0.816. The van der Waals surface area contributed by atoms with Gasteiger partial charge in [0.25, 0.3) is 0 Å². The lowest BCUT2D eigenvalue weighted by Crippen LogP contribution is -2.71. The molecule has 7 rings (SSSR count). The van der Waals surface area contributed by atoms with Crippen LogP contribution in [0.3, 0.4) is 0 Å². The van der Waals surface area contributed by atoms with Crippen molar-refractivity contribution in [1.29, 1.82) is 0 Å². The number of alkyl halides is 4. The van der Waals surface area contributed by atoms with Crippen molar-refractivity contribution >= 4 is 82.5 Å². The van der Waals surface area contributed by atoms with Crippen molar-refractivity contribution in [3.63, 3.8) is 0 Å². The third-order valence-electron chi connectivity index (χ3n) is 23.9. The van der Waals surface area contributed by atoms with E-state index in [0.29, 0.717) is 38.0 Å². The van der Waals surface area contributed by atoms with E-state index in [1.807, 2.05) is 40.7 Å². The lowest BCUT2D eigenvalue weighted by Gasteiger charge is -2.54. The molecule has 6 fully saturated rings. The van der Waals surface area contributed by atoms with Crippen molar-refractivity contribution in [3.05, 3.63) is 12.2 Å². The van der Waals surface area contributed by atoms with Crippen LogP contribution in [0.2, 0.25) is 0 Å². The zero-order chi connectivity index (χ0) is 77.9. The van der Waals surface area contributed by atoms with Crippen LogP contribution in [0, 0.1) is 46.8 Å². The van der Waals surface area contributed by atoms with Crippen LogP contribution in [0.1, 0.15) is 190 Å². The number of halogens is 4. The number of nitrogens with zero attached hydrogens (tertiary/aromatic N) is 9. The number of fused-ring (bicyclic) bond motifs is 3. The molecular weight excluding hydrogens is 1380 g/mol. The minimum absolute atomic E-state index is 0.00177. The maximum Gasteiger partial charge on any atom is 0.393 e. The van der Waals surface area contributed by atoms with Crippen LogP contribution in [-0.4, -0.2) is 276 Å². The van der Waals surface area contributed by atoms with Gasteiger partial charge in [0.05, 0.1) is 32.0 Å². The monoisotopic (exact) mass is 1500 g/mol. The fourth-order valence-electron chi connectivity index (χ4n) is 17.4. The number of likely N-dealkylation sites (N-methyl/N-ethyl adjacent to an activating group) is 7. The molecule has 7 aliphatic rings. The van der Waals surface area contributed by atoms with Gasteiger partial charge in [0.15, 0.2) is 0 Å². The molecule has 12 amide bonds. The van der Waals surface area contributed by atoms with Gasteiger partial charge in [-0.2, -0.15) is 13.2 Å². The number of ether oxygens (including phenoxy) is 1. The Morgan fingerprint density at radius 2 is 1.32 bits per heavy atom. The van der Waals surface area contributed by atoms with Gasteiger partial charge >= 0.3 is 6.18 Å². The first-order valence-corrected chi connectivity index (χ1v) is 38.9. The highest BCUT2D eigenvalue weighted by Gasteiger charge is 2.59. The molecular formula is C76H122ClF3N12O13. The molecule has 3 N–H and O–H groups in total. The van der Waals surface area contributed by atoms with E-state index >= 15 is 28.8 Å². The van der Waals surface area contributed by atoms with Gasteiger partial charge in [-0.05, 0) is 131 Å². The standard InChI is InChI=1S/C76H122ClF3N12O13/c1-16-35-105-43-59-65(96)82-63(48(5)17-2)71(102)86(11)42-62(95)87(12)55-25-19-18-22-34-91(70(55)101)58(38-50-28-26-46(3)27-29-50)69(100)85(10)41-60(93)81-54(33-31-49-30-32-52(53(77)37-49)76(78,79)80)67(98)92-40-47(4)36-56(92)66(97)83-75(44-74(6,7)45-75)73(104)90(15)64(51-23-20-21-24-51)72(103)89(14)57(68(99)84(8)9)39-61(94)88(59)13/h18-19,46-59,63-64H,16-17,20-45H2,1-15H3,(H,81,93)(H,82,96)(H,83,97)/b19-18-/t46?,47-,48+,49?,50?,52?,53?,54+,55+,56+,57+,58+,59+,63+,64+/m1/s1. The first-order chi connectivity index (χ1) is 49.3.